The third-order valence-electron chi connectivity index (χ3n) is 4.18. The van der Waals surface area contributed by atoms with Gasteiger partial charge in [-0.15, -0.1) is 0 Å². The maximum Gasteiger partial charge on any atom is 0.311 e. The molecular weight excluding hydrogens is 338 g/mol. The lowest BCUT2D eigenvalue weighted by Crippen LogP contribution is -2.17. The van der Waals surface area contributed by atoms with Crippen molar-refractivity contribution in [3.05, 3.63) is 69.4 Å². The zero-order valence-electron chi connectivity index (χ0n) is 14.1. The molecule has 0 saturated heterocycles. The molecule has 1 amide bonds. The lowest BCUT2D eigenvalue weighted by Gasteiger charge is -2.08. The number of primary amides is 1. The lowest BCUT2D eigenvalue weighted by atomic mass is 10.1. The number of para-hydroxylation sites is 1. The Kier molecular flexibility index (Phi) is 4.17. The Morgan fingerprint density at radius 1 is 1.19 bits per heavy atom. The SMILES string of the molecule is COc1ccc(C(=O)n2c(C)c(C(N)=O)c3ccccc32)cc1[N+](=O)[O-]. The van der Waals surface area contributed by atoms with Gasteiger partial charge in [-0.3, -0.25) is 24.3 Å². The summed E-state index contributed by atoms with van der Waals surface area (Å²) in [7, 11) is 1.31. The van der Waals surface area contributed by atoms with Crippen LogP contribution in [-0.2, 0) is 0 Å². The zero-order valence-corrected chi connectivity index (χ0v) is 14.1. The number of rotatable bonds is 4. The number of amides is 1. The fourth-order valence-corrected chi connectivity index (χ4v) is 3.03. The summed E-state index contributed by atoms with van der Waals surface area (Å²) in [5.41, 5.74) is 6.37. The molecule has 0 radical (unpaired) electrons. The molecule has 132 valence electrons. The topological polar surface area (TPSA) is 117 Å². The molecule has 8 nitrogen and oxygen atoms in total. The van der Waals surface area contributed by atoms with Crippen molar-refractivity contribution in [2.45, 2.75) is 6.92 Å². The Bertz CT molecular complexity index is 1070. The van der Waals surface area contributed by atoms with Crippen molar-refractivity contribution in [2.75, 3.05) is 7.11 Å². The largest absolute Gasteiger partial charge is 0.490 e. The summed E-state index contributed by atoms with van der Waals surface area (Å²) in [5, 5.41) is 11.8. The second kappa shape index (κ2) is 6.32. The number of aromatic nitrogens is 1. The van der Waals surface area contributed by atoms with Gasteiger partial charge in [0, 0.05) is 22.7 Å². The van der Waals surface area contributed by atoms with Crippen molar-refractivity contribution >= 4 is 28.4 Å². The van der Waals surface area contributed by atoms with Crippen LogP contribution in [-0.4, -0.2) is 28.4 Å². The van der Waals surface area contributed by atoms with Gasteiger partial charge in [-0.2, -0.15) is 0 Å². The first-order chi connectivity index (χ1) is 12.4. The average Bonchev–Trinajstić information content (AvgIpc) is 2.92. The quantitative estimate of drug-likeness (QED) is 0.571. The summed E-state index contributed by atoms with van der Waals surface area (Å²) in [4.78, 5) is 35.5. The van der Waals surface area contributed by atoms with Crippen LogP contribution in [0.1, 0.15) is 26.4 Å². The van der Waals surface area contributed by atoms with Gasteiger partial charge in [0.1, 0.15) is 0 Å². The summed E-state index contributed by atoms with van der Waals surface area (Å²) in [5.74, 6) is -1.10. The van der Waals surface area contributed by atoms with Gasteiger partial charge in [-0.05, 0) is 25.1 Å². The number of hydrogen-bond donors (Lipinski definition) is 1. The first-order valence-corrected chi connectivity index (χ1v) is 7.63. The number of carbonyl (C=O) groups excluding carboxylic acids is 2. The predicted octanol–water partition coefficient (Wildman–Crippen LogP) is 2.65. The molecule has 0 saturated carbocycles. The molecule has 1 heterocycles. The van der Waals surface area contributed by atoms with Crippen molar-refractivity contribution < 1.29 is 19.2 Å². The minimum absolute atomic E-state index is 0.0541. The van der Waals surface area contributed by atoms with E-state index in [1.54, 1.807) is 31.2 Å². The highest BCUT2D eigenvalue weighted by Crippen LogP contribution is 2.30. The molecule has 26 heavy (non-hydrogen) atoms. The number of nitro groups is 1. The fourth-order valence-electron chi connectivity index (χ4n) is 3.03. The van der Waals surface area contributed by atoms with Crippen LogP contribution in [0.2, 0.25) is 0 Å². The number of nitro benzene ring substituents is 1. The van der Waals surface area contributed by atoms with Crippen LogP contribution in [0.3, 0.4) is 0 Å². The number of benzene rings is 2. The minimum Gasteiger partial charge on any atom is -0.490 e. The number of carbonyl (C=O) groups is 2. The molecule has 3 aromatic rings. The molecule has 0 bridgehead atoms. The van der Waals surface area contributed by atoms with Gasteiger partial charge in [0.25, 0.3) is 11.8 Å². The summed E-state index contributed by atoms with van der Waals surface area (Å²) in [6.07, 6.45) is 0. The molecule has 0 fully saturated rings. The molecule has 3 rings (SSSR count). The Labute approximate surface area is 147 Å². The third kappa shape index (κ3) is 2.57. The Balaban J connectivity index is 2.24. The van der Waals surface area contributed by atoms with Crippen LogP contribution in [0.4, 0.5) is 5.69 Å². The first-order valence-electron chi connectivity index (χ1n) is 7.63. The average molecular weight is 353 g/mol. The van der Waals surface area contributed by atoms with Crippen LogP contribution in [0, 0.1) is 17.0 Å². The Morgan fingerprint density at radius 3 is 2.50 bits per heavy atom. The van der Waals surface area contributed by atoms with Crippen molar-refractivity contribution in [2.24, 2.45) is 5.73 Å². The number of hydrogen-bond acceptors (Lipinski definition) is 5. The van der Waals surface area contributed by atoms with Gasteiger partial charge >= 0.3 is 5.69 Å². The van der Waals surface area contributed by atoms with Crippen LogP contribution < -0.4 is 10.5 Å². The molecule has 0 spiro atoms. The minimum atomic E-state index is -0.647. The number of nitrogens with zero attached hydrogens (tertiary/aromatic N) is 2. The number of fused-ring (bicyclic) bond motifs is 1. The third-order valence-corrected chi connectivity index (χ3v) is 4.18. The van der Waals surface area contributed by atoms with E-state index in [-0.39, 0.29) is 22.6 Å². The van der Waals surface area contributed by atoms with E-state index in [4.69, 9.17) is 10.5 Å². The summed E-state index contributed by atoms with van der Waals surface area (Å²) < 4.78 is 6.29. The predicted molar refractivity (Wildman–Crippen MR) is 94.6 cm³/mol. The van der Waals surface area contributed by atoms with Gasteiger partial charge in [0.05, 0.1) is 23.1 Å². The summed E-state index contributed by atoms with van der Waals surface area (Å²) >= 11 is 0. The van der Waals surface area contributed by atoms with E-state index in [2.05, 4.69) is 0 Å². The maximum absolute atomic E-state index is 13.0. The van der Waals surface area contributed by atoms with Gasteiger partial charge in [0.2, 0.25) is 0 Å². The first kappa shape index (κ1) is 17.2. The van der Waals surface area contributed by atoms with Crippen LogP contribution in [0.25, 0.3) is 10.9 Å². The molecule has 2 aromatic carbocycles. The van der Waals surface area contributed by atoms with E-state index in [9.17, 15) is 19.7 Å². The van der Waals surface area contributed by atoms with Crippen LogP contribution in [0.15, 0.2) is 42.5 Å². The highest BCUT2D eigenvalue weighted by atomic mass is 16.6. The molecule has 1 aromatic heterocycles. The van der Waals surface area contributed by atoms with Crippen molar-refractivity contribution in [1.82, 2.24) is 4.57 Å². The smallest absolute Gasteiger partial charge is 0.311 e. The fraction of sp³-hybridized carbons (Fsp3) is 0.111. The monoisotopic (exact) mass is 353 g/mol. The number of methoxy groups -OCH3 is 1. The Morgan fingerprint density at radius 2 is 1.88 bits per heavy atom. The van der Waals surface area contributed by atoms with E-state index in [0.29, 0.717) is 16.6 Å². The van der Waals surface area contributed by atoms with Crippen molar-refractivity contribution in [1.29, 1.82) is 0 Å². The molecule has 2 N–H and O–H groups in total. The Hall–Kier alpha value is -3.68. The molecule has 0 unspecified atom stereocenters. The molecule has 8 heteroatoms. The lowest BCUT2D eigenvalue weighted by molar-refractivity contribution is -0.385. The zero-order chi connectivity index (χ0) is 19.0. The molecule has 0 aliphatic heterocycles. The maximum atomic E-state index is 13.0. The number of nitrogens with two attached hydrogens (primary N) is 1. The standard InChI is InChI=1S/C18H15N3O5/c1-10-16(17(19)22)12-5-3-4-6-13(12)20(10)18(23)11-7-8-15(26-2)14(9-11)21(24)25/h3-9H,1-2H3,(H2,19,22). The van der Waals surface area contributed by atoms with E-state index < -0.39 is 16.7 Å². The van der Waals surface area contributed by atoms with Crippen molar-refractivity contribution in [3.8, 4) is 5.75 Å². The highest BCUT2D eigenvalue weighted by Gasteiger charge is 2.24. The van der Waals surface area contributed by atoms with Gasteiger partial charge < -0.3 is 10.5 Å². The molecular formula is C18H15N3O5. The van der Waals surface area contributed by atoms with Crippen LogP contribution >= 0.6 is 0 Å². The second-order valence-corrected chi connectivity index (χ2v) is 5.63. The van der Waals surface area contributed by atoms with Gasteiger partial charge in [-0.1, -0.05) is 18.2 Å². The van der Waals surface area contributed by atoms with E-state index in [1.165, 1.54) is 23.8 Å². The summed E-state index contributed by atoms with van der Waals surface area (Å²) in [6.45, 7) is 1.61. The van der Waals surface area contributed by atoms with Gasteiger partial charge in [-0.25, -0.2) is 0 Å². The van der Waals surface area contributed by atoms with E-state index in [0.717, 1.165) is 6.07 Å². The van der Waals surface area contributed by atoms with Crippen molar-refractivity contribution in [3.63, 3.8) is 0 Å². The van der Waals surface area contributed by atoms with E-state index >= 15 is 0 Å². The van der Waals surface area contributed by atoms with E-state index in [1.807, 2.05) is 0 Å². The highest BCUT2D eigenvalue weighted by molar-refractivity contribution is 6.12. The number of ether oxygens (including phenoxy) is 1. The summed E-state index contributed by atoms with van der Waals surface area (Å²) in [6, 6.07) is 10.8. The molecule has 0 aliphatic rings. The van der Waals surface area contributed by atoms with Gasteiger partial charge in [0.15, 0.2) is 5.75 Å². The second-order valence-electron chi connectivity index (χ2n) is 5.63. The van der Waals surface area contributed by atoms with Crippen LogP contribution in [0.5, 0.6) is 5.75 Å². The molecule has 0 aliphatic carbocycles. The normalized spacial score (nSPS) is 10.7. The molecule has 0 atom stereocenters.